The molecule has 2 amide bonds. The topological polar surface area (TPSA) is 95.9 Å². The molecule has 2 heterocycles. The maximum Gasteiger partial charge on any atom is 0.335 e. The van der Waals surface area contributed by atoms with Crippen LogP contribution in [0.2, 0.25) is 0 Å². The number of amides is 2. The molecule has 1 saturated heterocycles. The van der Waals surface area contributed by atoms with Crippen LogP contribution in [0, 0.1) is 0 Å². The summed E-state index contributed by atoms with van der Waals surface area (Å²) >= 11 is 0. The highest BCUT2D eigenvalue weighted by atomic mass is 16.5. The van der Waals surface area contributed by atoms with E-state index in [1.165, 1.54) is 0 Å². The Balaban J connectivity index is 1.46. The molecule has 1 atom stereocenters. The molecule has 0 aromatic heterocycles. The van der Waals surface area contributed by atoms with Crippen LogP contribution in [0.1, 0.15) is 44.7 Å². The number of nitrogens with one attached hydrogen (secondary N) is 1. The maximum atomic E-state index is 12.9. The lowest BCUT2D eigenvalue weighted by Crippen LogP contribution is -2.27. The third kappa shape index (κ3) is 3.61. The first kappa shape index (κ1) is 18.2. The zero-order chi connectivity index (χ0) is 19.7. The summed E-state index contributed by atoms with van der Waals surface area (Å²) in [6.45, 7) is 1.39. The van der Waals surface area contributed by atoms with Crippen LogP contribution in [0.15, 0.2) is 42.5 Å². The molecule has 0 aliphatic carbocycles. The van der Waals surface area contributed by atoms with Crippen molar-refractivity contribution < 1.29 is 24.2 Å². The molecule has 2 N–H and O–H groups in total. The molecule has 28 heavy (non-hydrogen) atoms. The van der Waals surface area contributed by atoms with E-state index in [9.17, 15) is 14.4 Å². The lowest BCUT2D eigenvalue weighted by molar-refractivity contribution is -0.124. The summed E-state index contributed by atoms with van der Waals surface area (Å²) in [7, 11) is 0. The van der Waals surface area contributed by atoms with E-state index in [0.29, 0.717) is 37.4 Å². The highest BCUT2D eigenvalue weighted by molar-refractivity contribution is 5.98. The van der Waals surface area contributed by atoms with Gasteiger partial charge in [-0.1, -0.05) is 12.1 Å². The second-order valence-electron chi connectivity index (χ2n) is 7.02. The van der Waals surface area contributed by atoms with Gasteiger partial charge in [-0.3, -0.25) is 9.59 Å². The number of aromatic carboxylic acids is 1. The Morgan fingerprint density at radius 3 is 2.61 bits per heavy atom. The first-order valence-electron chi connectivity index (χ1n) is 9.18. The van der Waals surface area contributed by atoms with Gasteiger partial charge in [-0.15, -0.1) is 0 Å². The Kier molecular flexibility index (Phi) is 4.83. The first-order valence-corrected chi connectivity index (χ1v) is 9.18. The van der Waals surface area contributed by atoms with Gasteiger partial charge in [-0.25, -0.2) is 4.79 Å². The number of hydrogen-bond donors (Lipinski definition) is 2. The van der Waals surface area contributed by atoms with Gasteiger partial charge in [-0.05, 0) is 54.3 Å². The predicted octanol–water partition coefficient (Wildman–Crippen LogP) is 2.66. The lowest BCUT2D eigenvalue weighted by atomic mass is 10.1. The van der Waals surface area contributed by atoms with Crippen molar-refractivity contribution in [3.8, 4) is 0 Å². The number of nitrogens with zero attached hydrogens (tertiary/aromatic N) is 1. The number of ether oxygens (including phenoxy) is 1. The van der Waals surface area contributed by atoms with E-state index in [1.807, 2.05) is 0 Å². The average molecular weight is 380 g/mol. The molecule has 0 saturated carbocycles. The molecular formula is C21H20N2O5. The van der Waals surface area contributed by atoms with Crippen LogP contribution in [0.5, 0.6) is 0 Å². The standard InChI is InChI=1S/C21H20N2O5/c24-19(18-5-2-8-28-18)22-17-4-1-3-13(10-17)20(25)23-11-15-7-6-14(21(26)27)9-16(15)12-23/h1,3-4,6-7,9-10,18H,2,5,8,11-12H2,(H,22,24)(H,26,27). The van der Waals surface area contributed by atoms with Gasteiger partial charge < -0.3 is 20.1 Å². The van der Waals surface area contributed by atoms with Gasteiger partial charge in [0.15, 0.2) is 0 Å². The van der Waals surface area contributed by atoms with Gasteiger partial charge in [0.25, 0.3) is 11.8 Å². The normalized spacial score (nSPS) is 18.0. The highest BCUT2D eigenvalue weighted by Crippen LogP contribution is 2.26. The van der Waals surface area contributed by atoms with E-state index in [1.54, 1.807) is 47.4 Å². The molecule has 144 valence electrons. The van der Waals surface area contributed by atoms with Gasteiger partial charge >= 0.3 is 5.97 Å². The van der Waals surface area contributed by atoms with Gasteiger partial charge in [0.2, 0.25) is 0 Å². The summed E-state index contributed by atoms with van der Waals surface area (Å²) in [4.78, 5) is 37.9. The quantitative estimate of drug-likeness (QED) is 0.850. The molecule has 2 aliphatic rings. The summed E-state index contributed by atoms with van der Waals surface area (Å²) in [5.74, 6) is -1.35. The van der Waals surface area contributed by atoms with Crippen molar-refractivity contribution in [3.05, 3.63) is 64.7 Å². The van der Waals surface area contributed by atoms with Crippen LogP contribution >= 0.6 is 0 Å². The number of anilines is 1. The van der Waals surface area contributed by atoms with Crippen molar-refractivity contribution in [2.45, 2.75) is 32.0 Å². The molecule has 7 nitrogen and oxygen atoms in total. The van der Waals surface area contributed by atoms with Gasteiger partial charge in [0.1, 0.15) is 6.10 Å². The molecule has 0 bridgehead atoms. The second-order valence-corrected chi connectivity index (χ2v) is 7.02. The van der Waals surface area contributed by atoms with Crippen molar-refractivity contribution in [2.24, 2.45) is 0 Å². The number of carbonyl (C=O) groups excluding carboxylic acids is 2. The van der Waals surface area contributed by atoms with Gasteiger partial charge in [0, 0.05) is 30.9 Å². The molecule has 4 rings (SSSR count). The number of rotatable bonds is 4. The zero-order valence-electron chi connectivity index (χ0n) is 15.2. The predicted molar refractivity (Wildman–Crippen MR) is 101 cm³/mol. The molecule has 0 radical (unpaired) electrons. The molecule has 7 heteroatoms. The van der Waals surface area contributed by atoms with E-state index < -0.39 is 12.1 Å². The Bertz CT molecular complexity index is 950. The van der Waals surface area contributed by atoms with Crippen molar-refractivity contribution in [1.82, 2.24) is 4.90 Å². The third-order valence-corrected chi connectivity index (χ3v) is 5.06. The van der Waals surface area contributed by atoms with E-state index in [2.05, 4.69) is 5.32 Å². The number of carbonyl (C=O) groups is 3. The van der Waals surface area contributed by atoms with Crippen molar-refractivity contribution in [1.29, 1.82) is 0 Å². The van der Waals surface area contributed by atoms with Crippen LogP contribution in [0.4, 0.5) is 5.69 Å². The van der Waals surface area contributed by atoms with E-state index in [0.717, 1.165) is 17.5 Å². The minimum absolute atomic E-state index is 0.165. The summed E-state index contributed by atoms with van der Waals surface area (Å²) < 4.78 is 5.38. The lowest BCUT2D eigenvalue weighted by Gasteiger charge is -2.16. The summed E-state index contributed by atoms with van der Waals surface area (Å²) in [6, 6.07) is 11.7. The fourth-order valence-corrected chi connectivity index (χ4v) is 3.59. The number of hydrogen-bond acceptors (Lipinski definition) is 4. The van der Waals surface area contributed by atoms with Crippen LogP contribution in [-0.2, 0) is 22.6 Å². The summed E-state index contributed by atoms with van der Waals surface area (Å²) in [6.07, 6.45) is 1.14. The molecule has 0 spiro atoms. The fourth-order valence-electron chi connectivity index (χ4n) is 3.59. The van der Waals surface area contributed by atoms with Crippen LogP contribution < -0.4 is 5.32 Å². The van der Waals surface area contributed by atoms with Crippen molar-refractivity contribution in [3.63, 3.8) is 0 Å². The van der Waals surface area contributed by atoms with Gasteiger partial charge in [-0.2, -0.15) is 0 Å². The van der Waals surface area contributed by atoms with Crippen LogP contribution in [0.25, 0.3) is 0 Å². The number of fused-ring (bicyclic) bond motifs is 1. The largest absolute Gasteiger partial charge is 0.478 e. The third-order valence-electron chi connectivity index (χ3n) is 5.06. The second kappa shape index (κ2) is 7.44. The Morgan fingerprint density at radius 1 is 1.04 bits per heavy atom. The Morgan fingerprint density at radius 2 is 1.86 bits per heavy atom. The maximum absolute atomic E-state index is 12.9. The molecule has 1 unspecified atom stereocenters. The van der Waals surface area contributed by atoms with Crippen molar-refractivity contribution >= 4 is 23.5 Å². The minimum Gasteiger partial charge on any atom is -0.478 e. The first-order chi connectivity index (χ1) is 13.5. The zero-order valence-corrected chi connectivity index (χ0v) is 15.2. The van der Waals surface area contributed by atoms with Crippen LogP contribution in [-0.4, -0.2) is 40.5 Å². The minimum atomic E-state index is -0.984. The Hall–Kier alpha value is -3.19. The summed E-state index contributed by atoms with van der Waals surface area (Å²) in [5, 5.41) is 11.9. The Labute approximate surface area is 161 Å². The summed E-state index contributed by atoms with van der Waals surface area (Å²) in [5.41, 5.74) is 3.02. The van der Waals surface area contributed by atoms with E-state index >= 15 is 0 Å². The monoisotopic (exact) mass is 380 g/mol. The smallest absolute Gasteiger partial charge is 0.335 e. The number of benzene rings is 2. The molecule has 2 aromatic rings. The highest BCUT2D eigenvalue weighted by Gasteiger charge is 2.26. The fraction of sp³-hybridized carbons (Fsp3) is 0.286. The molecule has 1 fully saturated rings. The SMILES string of the molecule is O=C(O)c1ccc2c(c1)CN(C(=O)c1cccc(NC(=O)C3CCCO3)c1)C2. The average Bonchev–Trinajstić information content (AvgIpc) is 3.36. The molecular weight excluding hydrogens is 360 g/mol. The molecule has 2 aliphatic heterocycles. The van der Waals surface area contributed by atoms with Crippen molar-refractivity contribution in [2.75, 3.05) is 11.9 Å². The van der Waals surface area contributed by atoms with Crippen LogP contribution in [0.3, 0.4) is 0 Å². The van der Waals surface area contributed by atoms with E-state index in [-0.39, 0.29) is 17.4 Å². The number of carboxylic acid groups (broad SMARTS) is 1. The van der Waals surface area contributed by atoms with Gasteiger partial charge in [0.05, 0.1) is 5.56 Å². The number of carboxylic acids is 1. The van der Waals surface area contributed by atoms with E-state index in [4.69, 9.17) is 9.84 Å². The molecule has 2 aromatic carbocycles.